The first-order valence-electron chi connectivity index (χ1n) is 11.4. The van der Waals surface area contributed by atoms with Crippen molar-refractivity contribution in [1.29, 1.82) is 0 Å². The number of hydrogen-bond donors (Lipinski definition) is 1. The van der Waals surface area contributed by atoms with Crippen molar-refractivity contribution in [3.05, 3.63) is 54.1 Å². The van der Waals surface area contributed by atoms with Crippen LogP contribution in [0.5, 0.6) is 23.1 Å². The summed E-state index contributed by atoms with van der Waals surface area (Å²) in [5.74, 6) is 2.13. The van der Waals surface area contributed by atoms with Crippen molar-refractivity contribution in [3.8, 4) is 23.1 Å². The molecule has 0 atom stereocenters. The molecule has 5 rings (SSSR count). The van der Waals surface area contributed by atoms with E-state index in [0.29, 0.717) is 46.9 Å². The van der Waals surface area contributed by atoms with Crippen LogP contribution in [0.2, 0.25) is 0 Å². The number of hydrogen-bond acceptors (Lipinski definition) is 9. The van der Waals surface area contributed by atoms with Gasteiger partial charge in [0.05, 0.1) is 26.9 Å². The highest BCUT2D eigenvalue weighted by molar-refractivity contribution is 5.90. The third kappa shape index (κ3) is 5.50. The van der Waals surface area contributed by atoms with Crippen LogP contribution in [0.1, 0.15) is 12.0 Å². The molecule has 0 radical (unpaired) electrons. The zero-order valence-electron chi connectivity index (χ0n) is 19.4. The first-order chi connectivity index (χ1) is 17.2. The molecule has 10 heteroatoms. The minimum absolute atomic E-state index is 0.292. The number of fused-ring (bicyclic) bond motifs is 2. The molecule has 0 amide bonds. The fourth-order valence-corrected chi connectivity index (χ4v) is 3.87. The largest absolute Gasteiger partial charge is 0.493 e. The lowest BCUT2D eigenvalue weighted by molar-refractivity contribution is 0.0357. The molecule has 2 aromatic carbocycles. The molecular formula is C25H26FN5O4. The number of ether oxygens (including phenoxy) is 4. The first kappa shape index (κ1) is 23.0. The fourth-order valence-electron chi connectivity index (χ4n) is 3.87. The van der Waals surface area contributed by atoms with Crippen LogP contribution in [0.15, 0.2) is 47.7 Å². The van der Waals surface area contributed by atoms with Crippen molar-refractivity contribution >= 4 is 23.4 Å². The highest BCUT2D eigenvalue weighted by Crippen LogP contribution is 2.42. The zero-order valence-corrected chi connectivity index (χ0v) is 19.4. The van der Waals surface area contributed by atoms with E-state index in [1.807, 2.05) is 6.07 Å². The van der Waals surface area contributed by atoms with Crippen LogP contribution >= 0.6 is 0 Å². The summed E-state index contributed by atoms with van der Waals surface area (Å²) in [5, 5.41) is 3.14. The van der Waals surface area contributed by atoms with E-state index in [9.17, 15) is 4.39 Å². The first-order valence-corrected chi connectivity index (χ1v) is 11.4. The van der Waals surface area contributed by atoms with Gasteiger partial charge in [0.2, 0.25) is 0 Å². The van der Waals surface area contributed by atoms with E-state index in [0.717, 1.165) is 44.8 Å². The Morgan fingerprint density at radius 1 is 1.09 bits per heavy atom. The third-order valence-corrected chi connectivity index (χ3v) is 5.71. The number of methoxy groups -OCH3 is 1. The van der Waals surface area contributed by atoms with E-state index in [2.05, 4.69) is 25.2 Å². The number of rotatable bonds is 8. The Hall–Kier alpha value is -3.76. The Morgan fingerprint density at radius 2 is 1.91 bits per heavy atom. The zero-order chi connectivity index (χ0) is 24.0. The molecule has 2 aliphatic heterocycles. The number of anilines is 2. The molecule has 1 saturated heterocycles. The molecule has 0 spiro atoms. The van der Waals surface area contributed by atoms with E-state index in [1.54, 1.807) is 31.5 Å². The number of aliphatic imine (C=N–C) groups is 1. The molecule has 0 aliphatic carbocycles. The number of halogens is 1. The van der Waals surface area contributed by atoms with E-state index in [-0.39, 0.29) is 5.82 Å². The molecule has 0 bridgehead atoms. The molecule has 3 aromatic rings. The van der Waals surface area contributed by atoms with Crippen molar-refractivity contribution in [2.75, 3.05) is 51.9 Å². The lowest BCUT2D eigenvalue weighted by Gasteiger charge is -2.26. The topological polar surface area (TPSA) is 90.3 Å². The van der Waals surface area contributed by atoms with Crippen molar-refractivity contribution in [2.45, 2.75) is 6.42 Å². The number of aromatic nitrogens is 2. The highest BCUT2D eigenvalue weighted by Gasteiger charge is 2.20. The molecule has 3 heterocycles. The lowest BCUT2D eigenvalue weighted by atomic mass is 10.2. The normalized spacial score (nSPS) is 14.9. The summed E-state index contributed by atoms with van der Waals surface area (Å²) < 4.78 is 36.3. The van der Waals surface area contributed by atoms with Crippen LogP contribution in [0.25, 0.3) is 0 Å². The molecule has 1 N–H and O–H groups in total. The summed E-state index contributed by atoms with van der Waals surface area (Å²) >= 11 is 0. The average molecular weight is 480 g/mol. The van der Waals surface area contributed by atoms with Gasteiger partial charge in [-0.05, 0) is 36.8 Å². The molecule has 0 saturated carbocycles. The maximum absolute atomic E-state index is 13.3. The van der Waals surface area contributed by atoms with Crippen molar-refractivity contribution in [1.82, 2.24) is 14.9 Å². The van der Waals surface area contributed by atoms with Gasteiger partial charge in [0.15, 0.2) is 23.0 Å². The van der Waals surface area contributed by atoms with Crippen molar-refractivity contribution in [2.24, 2.45) is 4.99 Å². The maximum atomic E-state index is 13.3. The number of morpholine rings is 1. The van der Waals surface area contributed by atoms with E-state index in [1.165, 1.54) is 18.5 Å². The van der Waals surface area contributed by atoms with E-state index >= 15 is 0 Å². The maximum Gasteiger partial charge on any atom is 0.250 e. The average Bonchev–Trinajstić information content (AvgIpc) is 3.07. The van der Waals surface area contributed by atoms with Crippen LogP contribution in [0, 0.1) is 5.82 Å². The van der Waals surface area contributed by atoms with Crippen LogP contribution in [0.3, 0.4) is 0 Å². The summed E-state index contributed by atoms with van der Waals surface area (Å²) in [4.78, 5) is 15.5. The molecule has 2 aliphatic rings. The molecule has 1 fully saturated rings. The SMILES string of the molecule is COc1cc2c(cc1OCCCN1CCOCC1)C=Nc1c(Nc3ccc(F)cc3)ncnc1O2. The smallest absolute Gasteiger partial charge is 0.250 e. The predicted molar refractivity (Wildman–Crippen MR) is 129 cm³/mol. The molecule has 35 heavy (non-hydrogen) atoms. The Labute approximate surface area is 202 Å². The quantitative estimate of drug-likeness (QED) is 0.374. The van der Waals surface area contributed by atoms with Crippen molar-refractivity contribution < 1.29 is 23.3 Å². The predicted octanol–water partition coefficient (Wildman–Crippen LogP) is 4.33. The van der Waals surface area contributed by atoms with E-state index < -0.39 is 0 Å². The van der Waals surface area contributed by atoms with Gasteiger partial charge in [-0.3, -0.25) is 4.90 Å². The number of benzene rings is 2. The Kier molecular flexibility index (Phi) is 7.01. The van der Waals surface area contributed by atoms with Crippen LogP contribution < -0.4 is 19.5 Å². The monoisotopic (exact) mass is 479 g/mol. The molecule has 0 unspecified atom stereocenters. The minimum Gasteiger partial charge on any atom is -0.493 e. The Bertz CT molecular complexity index is 1200. The number of nitrogens with one attached hydrogen (secondary N) is 1. The van der Waals surface area contributed by atoms with Crippen LogP contribution in [-0.4, -0.2) is 67.6 Å². The minimum atomic E-state index is -0.318. The summed E-state index contributed by atoms with van der Waals surface area (Å²) in [6.07, 6.45) is 3.96. The van der Waals surface area contributed by atoms with Crippen LogP contribution in [-0.2, 0) is 4.74 Å². The molecule has 9 nitrogen and oxygen atoms in total. The Morgan fingerprint density at radius 3 is 2.71 bits per heavy atom. The van der Waals surface area contributed by atoms with Gasteiger partial charge in [-0.15, -0.1) is 0 Å². The van der Waals surface area contributed by atoms with Crippen molar-refractivity contribution in [3.63, 3.8) is 0 Å². The lowest BCUT2D eigenvalue weighted by Crippen LogP contribution is -2.37. The summed E-state index contributed by atoms with van der Waals surface area (Å²) in [5.41, 5.74) is 1.82. The second-order valence-electron chi connectivity index (χ2n) is 8.07. The van der Waals surface area contributed by atoms with Gasteiger partial charge in [0, 0.05) is 43.2 Å². The molecule has 182 valence electrons. The highest BCUT2D eigenvalue weighted by atomic mass is 19.1. The van der Waals surface area contributed by atoms with Gasteiger partial charge in [-0.25, -0.2) is 14.4 Å². The summed E-state index contributed by atoms with van der Waals surface area (Å²) in [7, 11) is 1.59. The van der Waals surface area contributed by atoms with Gasteiger partial charge < -0.3 is 24.3 Å². The second kappa shape index (κ2) is 10.7. The van der Waals surface area contributed by atoms with Gasteiger partial charge in [0.1, 0.15) is 17.9 Å². The van der Waals surface area contributed by atoms with Gasteiger partial charge >= 0.3 is 0 Å². The van der Waals surface area contributed by atoms with Gasteiger partial charge in [0.25, 0.3) is 5.88 Å². The van der Waals surface area contributed by atoms with Gasteiger partial charge in [-0.1, -0.05) is 0 Å². The molecule has 1 aromatic heterocycles. The molecular weight excluding hydrogens is 453 g/mol. The second-order valence-corrected chi connectivity index (χ2v) is 8.07. The van der Waals surface area contributed by atoms with Gasteiger partial charge in [-0.2, -0.15) is 4.98 Å². The third-order valence-electron chi connectivity index (χ3n) is 5.71. The fraction of sp³-hybridized carbons (Fsp3) is 0.320. The van der Waals surface area contributed by atoms with E-state index in [4.69, 9.17) is 18.9 Å². The standard InChI is InChI=1S/C25H26FN5O4/c1-32-21-14-20-17(13-22(21)34-10-2-7-31-8-11-33-12-9-31)15-27-23-24(28-16-29-25(23)35-20)30-19-5-3-18(26)4-6-19/h3-6,13-16H,2,7-12H2,1H3,(H,28,29,30). The Balaban J connectivity index is 1.32. The number of nitrogens with zero attached hydrogens (tertiary/aromatic N) is 4. The summed E-state index contributed by atoms with van der Waals surface area (Å²) in [6.45, 7) is 5.00. The summed E-state index contributed by atoms with van der Waals surface area (Å²) in [6, 6.07) is 9.58. The van der Waals surface area contributed by atoms with Crippen LogP contribution in [0.4, 0.5) is 21.6 Å².